The van der Waals surface area contributed by atoms with Gasteiger partial charge in [-0.1, -0.05) is 31.9 Å². The summed E-state index contributed by atoms with van der Waals surface area (Å²) in [5, 5.41) is 13.4. The molecular formula is C15H20INO2. The minimum Gasteiger partial charge on any atom is -0.388 e. The van der Waals surface area contributed by atoms with Gasteiger partial charge in [0.2, 0.25) is 0 Å². The Bertz CT molecular complexity index is 463. The van der Waals surface area contributed by atoms with Gasteiger partial charge in [0.25, 0.3) is 5.91 Å². The second-order valence-electron chi connectivity index (χ2n) is 5.59. The van der Waals surface area contributed by atoms with Gasteiger partial charge >= 0.3 is 0 Å². The Balaban J connectivity index is 1.95. The average molecular weight is 373 g/mol. The Labute approximate surface area is 127 Å². The highest BCUT2D eigenvalue weighted by molar-refractivity contribution is 14.1. The second-order valence-corrected chi connectivity index (χ2v) is 6.75. The maximum absolute atomic E-state index is 12.1. The topological polar surface area (TPSA) is 49.3 Å². The summed E-state index contributed by atoms with van der Waals surface area (Å²) in [5.41, 5.74) is -0.0522. The van der Waals surface area contributed by atoms with E-state index in [0.717, 1.165) is 22.8 Å². The number of halogens is 1. The summed E-state index contributed by atoms with van der Waals surface area (Å²) in [4.78, 5) is 12.1. The molecule has 0 bridgehead atoms. The number of hydrogen-bond donors (Lipinski definition) is 2. The third-order valence-electron chi connectivity index (χ3n) is 3.76. The zero-order valence-corrected chi connectivity index (χ0v) is 13.3. The molecule has 0 aliphatic heterocycles. The van der Waals surface area contributed by atoms with Crippen molar-refractivity contribution >= 4 is 28.5 Å². The summed E-state index contributed by atoms with van der Waals surface area (Å²) < 4.78 is 0.932. The predicted octanol–water partition coefficient (Wildman–Crippen LogP) is 2.96. The number of benzene rings is 1. The first-order valence-corrected chi connectivity index (χ1v) is 7.83. The molecule has 0 heterocycles. The number of amides is 1. The lowest BCUT2D eigenvalue weighted by Crippen LogP contribution is -2.45. The molecule has 1 saturated carbocycles. The molecule has 1 amide bonds. The van der Waals surface area contributed by atoms with Gasteiger partial charge in [-0.15, -0.1) is 0 Å². The van der Waals surface area contributed by atoms with Crippen LogP contribution in [-0.4, -0.2) is 23.2 Å². The molecule has 0 radical (unpaired) electrons. The van der Waals surface area contributed by atoms with Crippen molar-refractivity contribution in [2.45, 2.75) is 38.2 Å². The molecule has 19 heavy (non-hydrogen) atoms. The van der Waals surface area contributed by atoms with Crippen molar-refractivity contribution in [3.63, 3.8) is 0 Å². The van der Waals surface area contributed by atoms with Crippen molar-refractivity contribution in [1.29, 1.82) is 0 Å². The van der Waals surface area contributed by atoms with Gasteiger partial charge < -0.3 is 10.4 Å². The van der Waals surface area contributed by atoms with Crippen LogP contribution in [0.5, 0.6) is 0 Å². The zero-order chi connectivity index (χ0) is 13.9. The number of hydrogen-bond acceptors (Lipinski definition) is 2. The number of rotatable bonds is 3. The number of aliphatic hydroxyl groups is 1. The van der Waals surface area contributed by atoms with Crippen molar-refractivity contribution in [3.05, 3.63) is 33.4 Å². The van der Waals surface area contributed by atoms with Crippen LogP contribution >= 0.6 is 22.6 Å². The standard InChI is InChI=1S/C15H20INO2/c1-11-5-4-8-15(19,9-11)10-17-14(18)12-6-2-3-7-13(12)16/h2-3,6-7,11,19H,4-5,8-10H2,1H3,(H,17,18). The van der Waals surface area contributed by atoms with E-state index in [4.69, 9.17) is 0 Å². The average Bonchev–Trinajstić information content (AvgIpc) is 2.36. The molecular weight excluding hydrogens is 353 g/mol. The zero-order valence-electron chi connectivity index (χ0n) is 11.2. The fourth-order valence-electron chi connectivity index (χ4n) is 2.78. The first-order chi connectivity index (χ1) is 9.00. The monoisotopic (exact) mass is 373 g/mol. The lowest BCUT2D eigenvalue weighted by molar-refractivity contribution is -0.0109. The van der Waals surface area contributed by atoms with Crippen LogP contribution in [0.3, 0.4) is 0 Å². The summed E-state index contributed by atoms with van der Waals surface area (Å²) in [6, 6.07) is 7.49. The van der Waals surface area contributed by atoms with Gasteiger partial charge in [-0.05, 0) is 53.5 Å². The SMILES string of the molecule is CC1CCCC(O)(CNC(=O)c2ccccc2I)C1. The molecule has 1 aliphatic rings. The van der Waals surface area contributed by atoms with E-state index in [1.165, 1.54) is 6.42 Å². The molecule has 0 saturated heterocycles. The molecule has 3 nitrogen and oxygen atoms in total. The lowest BCUT2D eigenvalue weighted by Gasteiger charge is -2.35. The maximum atomic E-state index is 12.1. The van der Waals surface area contributed by atoms with Gasteiger partial charge in [0.1, 0.15) is 0 Å². The quantitative estimate of drug-likeness (QED) is 0.801. The minimum absolute atomic E-state index is 0.100. The summed E-state index contributed by atoms with van der Waals surface area (Å²) in [6.45, 7) is 2.51. The van der Waals surface area contributed by atoms with Crippen molar-refractivity contribution in [1.82, 2.24) is 5.32 Å². The van der Waals surface area contributed by atoms with Crippen molar-refractivity contribution in [3.8, 4) is 0 Å². The van der Waals surface area contributed by atoms with Crippen LogP contribution in [0.1, 0.15) is 43.0 Å². The van der Waals surface area contributed by atoms with Gasteiger partial charge in [0, 0.05) is 10.1 Å². The highest BCUT2D eigenvalue weighted by Gasteiger charge is 2.32. The first kappa shape index (κ1) is 14.8. The van der Waals surface area contributed by atoms with Gasteiger partial charge in [-0.25, -0.2) is 0 Å². The molecule has 2 N–H and O–H groups in total. The molecule has 4 heteroatoms. The lowest BCUT2D eigenvalue weighted by atomic mass is 9.79. The molecule has 2 unspecified atom stereocenters. The van der Waals surface area contributed by atoms with Gasteiger partial charge in [0.15, 0.2) is 0 Å². The van der Waals surface area contributed by atoms with E-state index in [0.29, 0.717) is 18.0 Å². The maximum Gasteiger partial charge on any atom is 0.252 e. The Kier molecular flexibility index (Phi) is 4.84. The van der Waals surface area contributed by atoms with E-state index in [2.05, 4.69) is 34.8 Å². The second kappa shape index (κ2) is 6.22. The van der Waals surface area contributed by atoms with Crippen molar-refractivity contribution < 1.29 is 9.90 Å². The highest BCUT2D eigenvalue weighted by Crippen LogP contribution is 2.31. The van der Waals surface area contributed by atoms with Crippen LogP contribution in [-0.2, 0) is 0 Å². The molecule has 1 fully saturated rings. The number of carbonyl (C=O) groups is 1. The summed E-state index contributed by atoms with van der Waals surface area (Å²) in [5.74, 6) is 0.434. The molecule has 0 spiro atoms. The highest BCUT2D eigenvalue weighted by atomic mass is 127. The largest absolute Gasteiger partial charge is 0.388 e. The van der Waals surface area contributed by atoms with Gasteiger partial charge in [-0.3, -0.25) is 4.79 Å². The molecule has 0 aromatic heterocycles. The van der Waals surface area contributed by atoms with Crippen LogP contribution in [0.25, 0.3) is 0 Å². The number of nitrogens with one attached hydrogen (secondary N) is 1. The Morgan fingerprint density at radius 2 is 2.26 bits per heavy atom. The molecule has 2 atom stereocenters. The molecule has 1 aromatic carbocycles. The summed E-state index contributed by atoms with van der Waals surface area (Å²) >= 11 is 2.15. The Hall–Kier alpha value is -0.620. The fraction of sp³-hybridized carbons (Fsp3) is 0.533. The number of carbonyl (C=O) groups excluding carboxylic acids is 1. The third kappa shape index (κ3) is 3.92. The van der Waals surface area contributed by atoms with E-state index < -0.39 is 5.60 Å². The van der Waals surface area contributed by atoms with Gasteiger partial charge in [-0.2, -0.15) is 0 Å². The molecule has 1 aliphatic carbocycles. The normalized spacial score (nSPS) is 27.0. The molecule has 104 valence electrons. The van der Waals surface area contributed by atoms with E-state index >= 15 is 0 Å². The smallest absolute Gasteiger partial charge is 0.252 e. The van der Waals surface area contributed by atoms with Crippen LogP contribution in [0.15, 0.2) is 24.3 Å². The summed E-state index contributed by atoms with van der Waals surface area (Å²) in [6.07, 6.45) is 3.77. The molecule has 1 aromatic rings. The van der Waals surface area contributed by atoms with Crippen LogP contribution in [0.2, 0.25) is 0 Å². The van der Waals surface area contributed by atoms with E-state index in [9.17, 15) is 9.90 Å². The van der Waals surface area contributed by atoms with Crippen molar-refractivity contribution in [2.24, 2.45) is 5.92 Å². The van der Waals surface area contributed by atoms with Crippen LogP contribution in [0, 0.1) is 9.49 Å². The minimum atomic E-state index is -0.729. The van der Waals surface area contributed by atoms with Crippen LogP contribution < -0.4 is 5.32 Å². The van der Waals surface area contributed by atoms with Crippen molar-refractivity contribution in [2.75, 3.05) is 6.54 Å². The fourth-order valence-corrected chi connectivity index (χ4v) is 3.41. The van der Waals surface area contributed by atoms with Crippen LogP contribution in [0.4, 0.5) is 0 Å². The van der Waals surface area contributed by atoms with E-state index in [1.54, 1.807) is 0 Å². The summed E-state index contributed by atoms with van der Waals surface area (Å²) in [7, 11) is 0. The predicted molar refractivity (Wildman–Crippen MR) is 84.1 cm³/mol. The van der Waals surface area contributed by atoms with Gasteiger partial charge in [0.05, 0.1) is 11.2 Å². The first-order valence-electron chi connectivity index (χ1n) is 6.75. The Morgan fingerprint density at radius 1 is 1.53 bits per heavy atom. The third-order valence-corrected chi connectivity index (χ3v) is 4.70. The van der Waals surface area contributed by atoms with E-state index in [1.807, 2.05) is 24.3 Å². The molecule has 2 rings (SSSR count). The van der Waals surface area contributed by atoms with E-state index in [-0.39, 0.29) is 5.91 Å². The Morgan fingerprint density at radius 3 is 2.95 bits per heavy atom.